The molecule has 31 heavy (non-hydrogen) atoms. The molecule has 11 nitrogen and oxygen atoms in total. The van der Waals surface area contributed by atoms with Crippen LogP contribution in [0.3, 0.4) is 0 Å². The van der Waals surface area contributed by atoms with E-state index in [0.717, 1.165) is 0 Å². The van der Waals surface area contributed by atoms with Crippen molar-refractivity contribution in [2.24, 2.45) is 0 Å². The molecular formula is C20H30O11. The maximum Gasteiger partial charge on any atom is 0.187 e. The fourth-order valence-electron chi connectivity index (χ4n) is 3.16. The monoisotopic (exact) mass is 446 g/mol. The fourth-order valence-corrected chi connectivity index (χ4v) is 3.16. The van der Waals surface area contributed by atoms with E-state index in [0.29, 0.717) is 0 Å². The highest BCUT2D eigenvalue weighted by molar-refractivity contribution is 5.45. The van der Waals surface area contributed by atoms with Crippen molar-refractivity contribution in [3.8, 4) is 0 Å². The second-order valence-electron chi connectivity index (χ2n) is 7.14. The van der Waals surface area contributed by atoms with Crippen molar-refractivity contribution in [2.45, 2.75) is 61.4 Å². The van der Waals surface area contributed by atoms with Crippen LogP contribution in [0.5, 0.6) is 0 Å². The van der Waals surface area contributed by atoms with E-state index in [9.17, 15) is 35.7 Å². The van der Waals surface area contributed by atoms with Crippen LogP contribution in [0.2, 0.25) is 0 Å². The quantitative estimate of drug-likeness (QED) is 0.229. The number of aliphatic hydroxyl groups excluding tert-OH is 8. The highest BCUT2D eigenvalue weighted by Crippen LogP contribution is 2.28. The molecule has 176 valence electrons. The van der Waals surface area contributed by atoms with Gasteiger partial charge >= 0.3 is 0 Å². The Morgan fingerprint density at radius 3 is 1.90 bits per heavy atom. The van der Waals surface area contributed by atoms with E-state index >= 15 is 0 Å². The van der Waals surface area contributed by atoms with E-state index in [2.05, 4.69) is 6.58 Å². The van der Waals surface area contributed by atoms with Crippen molar-refractivity contribution in [1.82, 2.24) is 0 Å². The molecule has 2 aliphatic heterocycles. The van der Waals surface area contributed by atoms with Gasteiger partial charge < -0.3 is 55.1 Å². The molecule has 2 aliphatic rings. The van der Waals surface area contributed by atoms with Gasteiger partial charge in [-0.05, 0) is 5.56 Å². The summed E-state index contributed by atoms with van der Waals surface area (Å²) >= 11 is 0. The third-order valence-corrected chi connectivity index (χ3v) is 5.01. The van der Waals surface area contributed by atoms with Gasteiger partial charge in [0.25, 0.3) is 0 Å². The minimum atomic E-state index is -1.74. The normalized spacial score (nSPS) is 40.5. The van der Waals surface area contributed by atoms with Gasteiger partial charge in [0.15, 0.2) is 12.6 Å². The lowest BCUT2D eigenvalue weighted by molar-refractivity contribution is -0.355. The summed E-state index contributed by atoms with van der Waals surface area (Å²) in [7, 11) is 0. The summed E-state index contributed by atoms with van der Waals surface area (Å²) < 4.78 is 15.3. The molecule has 0 radical (unpaired) electrons. The van der Waals surface area contributed by atoms with Gasteiger partial charge in [-0.3, -0.25) is 0 Å². The second kappa shape index (κ2) is 11.9. The van der Waals surface area contributed by atoms with E-state index in [1.807, 2.05) is 36.4 Å². The number of hydrogen-bond acceptors (Lipinski definition) is 11. The largest absolute Gasteiger partial charge is 0.394 e. The van der Waals surface area contributed by atoms with Crippen LogP contribution in [0.1, 0.15) is 5.56 Å². The highest BCUT2D eigenvalue weighted by atomic mass is 16.7. The summed E-state index contributed by atoms with van der Waals surface area (Å²) in [5.74, 6) is 0. The first kappa shape index (κ1) is 25.8. The zero-order valence-corrected chi connectivity index (χ0v) is 16.7. The predicted molar refractivity (Wildman–Crippen MR) is 105 cm³/mol. The molecule has 2 saturated heterocycles. The number of ether oxygens (including phenoxy) is 3. The molecule has 8 N–H and O–H groups in total. The van der Waals surface area contributed by atoms with E-state index in [-0.39, 0.29) is 0 Å². The van der Waals surface area contributed by atoms with Gasteiger partial charge in [0.2, 0.25) is 0 Å². The smallest absolute Gasteiger partial charge is 0.187 e. The van der Waals surface area contributed by atoms with Gasteiger partial charge in [0.1, 0.15) is 48.8 Å². The Morgan fingerprint density at radius 1 is 0.774 bits per heavy atom. The summed E-state index contributed by atoms with van der Waals surface area (Å²) in [6, 6.07) is 10.0. The molecule has 1 aromatic rings. The Labute approximate surface area is 179 Å². The van der Waals surface area contributed by atoms with Crippen LogP contribution in [0.15, 0.2) is 36.9 Å². The molecule has 10 atom stereocenters. The predicted octanol–water partition coefficient (Wildman–Crippen LogP) is -3.07. The summed E-state index contributed by atoms with van der Waals surface area (Å²) in [5.41, 5.74) is 1.17. The standard InChI is InChI=1S/C12H22O11.C8H8/c13-1-3-5(15)6(16)9(19)12(22-3)23-10-4(2-14)21-11(20)8(18)7(10)17;1-2-8-6-4-3-5-7-8/h3-20H,1-2H2;2-7H,1H2/t3-,4-,5+,6+,7-,8-,9-,10-,11?,12+;/m1./s1. The van der Waals surface area contributed by atoms with Gasteiger partial charge in [-0.2, -0.15) is 0 Å². The van der Waals surface area contributed by atoms with Crippen molar-refractivity contribution >= 4 is 6.08 Å². The number of benzene rings is 1. The molecule has 11 heteroatoms. The molecule has 0 saturated carbocycles. The summed E-state index contributed by atoms with van der Waals surface area (Å²) in [6.45, 7) is 2.29. The van der Waals surface area contributed by atoms with Crippen LogP contribution < -0.4 is 0 Å². The molecular weight excluding hydrogens is 416 g/mol. The molecule has 2 fully saturated rings. The number of hydrogen-bond donors (Lipinski definition) is 8. The summed E-state index contributed by atoms with van der Waals surface area (Å²) in [4.78, 5) is 0. The van der Waals surface area contributed by atoms with E-state index in [4.69, 9.17) is 19.3 Å². The van der Waals surface area contributed by atoms with Crippen LogP contribution in [0.25, 0.3) is 6.08 Å². The first-order chi connectivity index (χ1) is 14.7. The first-order valence-electron chi connectivity index (χ1n) is 9.69. The van der Waals surface area contributed by atoms with Gasteiger partial charge in [-0.1, -0.05) is 43.0 Å². The van der Waals surface area contributed by atoms with E-state index in [1.165, 1.54) is 5.56 Å². The van der Waals surface area contributed by atoms with Gasteiger partial charge in [-0.15, -0.1) is 0 Å². The average molecular weight is 446 g/mol. The molecule has 0 amide bonds. The number of aliphatic hydroxyl groups is 8. The zero-order chi connectivity index (χ0) is 23.1. The van der Waals surface area contributed by atoms with E-state index in [1.54, 1.807) is 0 Å². The topological polar surface area (TPSA) is 190 Å². The minimum Gasteiger partial charge on any atom is -0.394 e. The summed E-state index contributed by atoms with van der Waals surface area (Å²) in [5, 5.41) is 76.5. The Balaban J connectivity index is 0.000000357. The van der Waals surface area contributed by atoms with Gasteiger partial charge in [0, 0.05) is 0 Å². The van der Waals surface area contributed by atoms with E-state index < -0.39 is 74.6 Å². The number of rotatable bonds is 5. The maximum absolute atomic E-state index is 9.94. The SMILES string of the molecule is C=Cc1ccccc1.OC[C@H]1O[C@@H](O[C@H]2[C@H](O)[C@@H](O)C(O)O[C@@H]2CO)[C@H](O)[C@@H](O)[C@H]1O. The summed E-state index contributed by atoms with van der Waals surface area (Å²) in [6.07, 6.45) is -13.7. The molecule has 2 heterocycles. The van der Waals surface area contributed by atoms with Gasteiger partial charge in [0.05, 0.1) is 13.2 Å². The highest BCUT2D eigenvalue weighted by Gasteiger charge is 2.50. The van der Waals surface area contributed by atoms with Crippen molar-refractivity contribution in [3.63, 3.8) is 0 Å². The third-order valence-electron chi connectivity index (χ3n) is 5.01. The van der Waals surface area contributed by atoms with Gasteiger partial charge in [-0.25, -0.2) is 0 Å². The molecule has 1 unspecified atom stereocenters. The third kappa shape index (κ3) is 6.28. The maximum atomic E-state index is 9.94. The Kier molecular flexibility index (Phi) is 9.93. The Morgan fingerprint density at radius 2 is 1.39 bits per heavy atom. The first-order valence-corrected chi connectivity index (χ1v) is 9.69. The zero-order valence-electron chi connectivity index (χ0n) is 16.7. The fraction of sp³-hybridized carbons (Fsp3) is 0.600. The molecule has 1 aromatic carbocycles. The minimum absolute atomic E-state index is 0.667. The van der Waals surface area contributed by atoms with Crippen LogP contribution in [0.4, 0.5) is 0 Å². The van der Waals surface area contributed by atoms with Crippen LogP contribution in [0, 0.1) is 0 Å². The Bertz CT molecular complexity index is 656. The van der Waals surface area contributed by atoms with Crippen molar-refractivity contribution in [2.75, 3.05) is 13.2 Å². The molecule has 0 aliphatic carbocycles. The van der Waals surface area contributed by atoms with Crippen LogP contribution in [-0.2, 0) is 14.2 Å². The van der Waals surface area contributed by atoms with Crippen molar-refractivity contribution in [3.05, 3.63) is 42.5 Å². The molecule has 0 aromatic heterocycles. The average Bonchev–Trinajstić information content (AvgIpc) is 2.80. The molecule has 0 bridgehead atoms. The lowest BCUT2D eigenvalue weighted by atomic mass is 9.97. The van der Waals surface area contributed by atoms with Crippen molar-refractivity contribution < 1.29 is 55.1 Å². The molecule has 3 rings (SSSR count). The second-order valence-corrected chi connectivity index (χ2v) is 7.14. The van der Waals surface area contributed by atoms with Crippen LogP contribution >= 0.6 is 0 Å². The molecule has 0 spiro atoms. The lowest BCUT2D eigenvalue weighted by Gasteiger charge is -2.45. The lowest BCUT2D eigenvalue weighted by Crippen LogP contribution is -2.64. The van der Waals surface area contributed by atoms with Crippen molar-refractivity contribution in [1.29, 1.82) is 0 Å². The van der Waals surface area contributed by atoms with Crippen LogP contribution in [-0.4, -0.2) is 115 Å². The Hall–Kier alpha value is -1.48.